The van der Waals surface area contributed by atoms with E-state index in [9.17, 15) is 14.9 Å². The summed E-state index contributed by atoms with van der Waals surface area (Å²) in [5.74, 6) is 0.558. The molecule has 0 saturated heterocycles. The summed E-state index contributed by atoms with van der Waals surface area (Å²) in [5, 5.41) is 13.8. The number of benzene rings is 2. The highest BCUT2D eigenvalue weighted by molar-refractivity contribution is 6.05. The molecule has 136 valence electrons. The number of nitro benzene ring substituents is 1. The Balaban J connectivity index is 2.41. The molecule has 0 bridgehead atoms. The SMILES string of the molecule is C=CCc1cc(C(=O)Nc2cccc([N+](=O)[O-])c2C)cc(OC)c1OC. The molecule has 0 aliphatic heterocycles. The van der Waals surface area contributed by atoms with Gasteiger partial charge in [-0.3, -0.25) is 14.9 Å². The number of nitro groups is 1. The van der Waals surface area contributed by atoms with Crippen molar-refractivity contribution in [2.45, 2.75) is 13.3 Å². The Morgan fingerprint density at radius 1 is 1.31 bits per heavy atom. The van der Waals surface area contributed by atoms with Crippen LogP contribution in [-0.4, -0.2) is 25.1 Å². The molecule has 0 aromatic heterocycles. The minimum absolute atomic E-state index is 0.0533. The molecule has 0 spiro atoms. The standard InChI is InChI=1S/C19H20N2O5/c1-5-7-13-10-14(11-17(25-3)18(13)26-4)19(22)20-15-8-6-9-16(12(15)2)21(23)24/h5-6,8-11H,1,7H2,2-4H3,(H,20,22). The van der Waals surface area contributed by atoms with E-state index in [1.54, 1.807) is 31.2 Å². The van der Waals surface area contributed by atoms with Gasteiger partial charge in [0.05, 0.1) is 30.4 Å². The van der Waals surface area contributed by atoms with Gasteiger partial charge in [0.15, 0.2) is 11.5 Å². The van der Waals surface area contributed by atoms with Crippen LogP contribution in [0.5, 0.6) is 11.5 Å². The quantitative estimate of drug-likeness (QED) is 0.461. The van der Waals surface area contributed by atoms with E-state index in [-0.39, 0.29) is 5.69 Å². The zero-order chi connectivity index (χ0) is 19.3. The fraction of sp³-hybridized carbons (Fsp3) is 0.211. The molecule has 2 rings (SSSR count). The molecule has 7 heteroatoms. The molecule has 0 aliphatic carbocycles. The monoisotopic (exact) mass is 356 g/mol. The first-order chi connectivity index (χ1) is 12.4. The molecule has 26 heavy (non-hydrogen) atoms. The summed E-state index contributed by atoms with van der Waals surface area (Å²) in [6.45, 7) is 5.29. The topological polar surface area (TPSA) is 90.7 Å². The van der Waals surface area contributed by atoms with Crippen LogP contribution < -0.4 is 14.8 Å². The third-order valence-electron chi connectivity index (χ3n) is 3.93. The summed E-state index contributed by atoms with van der Waals surface area (Å²) in [6.07, 6.45) is 2.19. The van der Waals surface area contributed by atoms with Crippen LogP contribution in [0.15, 0.2) is 43.0 Å². The van der Waals surface area contributed by atoms with Gasteiger partial charge in [-0.25, -0.2) is 0 Å². The predicted octanol–water partition coefficient (Wildman–Crippen LogP) is 3.90. The van der Waals surface area contributed by atoms with Crippen LogP contribution in [0.2, 0.25) is 0 Å². The number of anilines is 1. The van der Waals surface area contributed by atoms with Gasteiger partial charge < -0.3 is 14.8 Å². The highest BCUT2D eigenvalue weighted by Gasteiger charge is 2.18. The van der Waals surface area contributed by atoms with E-state index in [2.05, 4.69) is 11.9 Å². The van der Waals surface area contributed by atoms with Crippen LogP contribution >= 0.6 is 0 Å². The lowest BCUT2D eigenvalue weighted by molar-refractivity contribution is -0.385. The lowest BCUT2D eigenvalue weighted by Crippen LogP contribution is -2.14. The number of hydrogen-bond donors (Lipinski definition) is 1. The maximum absolute atomic E-state index is 12.7. The number of allylic oxidation sites excluding steroid dienone is 1. The molecule has 1 amide bonds. The summed E-state index contributed by atoms with van der Waals surface area (Å²) >= 11 is 0. The molecular formula is C19H20N2O5. The molecule has 2 aromatic rings. The second-order valence-electron chi connectivity index (χ2n) is 5.52. The lowest BCUT2D eigenvalue weighted by atomic mass is 10.0. The second kappa shape index (κ2) is 8.15. The van der Waals surface area contributed by atoms with Gasteiger partial charge >= 0.3 is 0 Å². The number of ether oxygens (including phenoxy) is 2. The van der Waals surface area contributed by atoms with Crippen LogP contribution in [0.3, 0.4) is 0 Å². The first-order valence-corrected chi connectivity index (χ1v) is 7.84. The van der Waals surface area contributed by atoms with Crippen molar-refractivity contribution < 1.29 is 19.2 Å². The summed E-state index contributed by atoms with van der Waals surface area (Å²) in [7, 11) is 3.01. The zero-order valence-corrected chi connectivity index (χ0v) is 14.9. The Hall–Kier alpha value is -3.35. The Bertz CT molecular complexity index is 861. The average molecular weight is 356 g/mol. The van der Waals surface area contributed by atoms with Gasteiger partial charge in [-0.2, -0.15) is 0 Å². The van der Waals surface area contributed by atoms with Crippen LogP contribution in [0.25, 0.3) is 0 Å². The molecule has 0 radical (unpaired) electrons. The van der Waals surface area contributed by atoms with Crippen molar-refractivity contribution in [2.75, 3.05) is 19.5 Å². The number of amides is 1. The van der Waals surface area contributed by atoms with Gasteiger partial charge in [0.25, 0.3) is 11.6 Å². The Morgan fingerprint density at radius 3 is 2.62 bits per heavy atom. The minimum atomic E-state index is -0.483. The molecule has 0 fully saturated rings. The summed E-state index contributed by atoms with van der Waals surface area (Å²) in [4.78, 5) is 23.2. The normalized spacial score (nSPS) is 10.1. The van der Waals surface area contributed by atoms with E-state index in [0.29, 0.717) is 34.7 Å². The summed E-state index contributed by atoms with van der Waals surface area (Å²) in [6, 6.07) is 7.78. The Kier molecular flexibility index (Phi) is 5.95. The summed E-state index contributed by atoms with van der Waals surface area (Å²) < 4.78 is 10.7. The average Bonchev–Trinajstić information content (AvgIpc) is 2.62. The number of nitrogens with one attached hydrogen (secondary N) is 1. The molecule has 0 atom stereocenters. The van der Waals surface area contributed by atoms with E-state index in [1.807, 2.05) is 0 Å². The Morgan fingerprint density at radius 2 is 2.04 bits per heavy atom. The van der Waals surface area contributed by atoms with Crippen LogP contribution in [0, 0.1) is 17.0 Å². The smallest absolute Gasteiger partial charge is 0.274 e. The third kappa shape index (κ3) is 3.83. The third-order valence-corrected chi connectivity index (χ3v) is 3.93. The van der Waals surface area contributed by atoms with Crippen molar-refractivity contribution in [3.8, 4) is 11.5 Å². The first-order valence-electron chi connectivity index (χ1n) is 7.84. The molecule has 7 nitrogen and oxygen atoms in total. The molecule has 0 aliphatic rings. The number of nitrogens with zero attached hydrogens (tertiary/aromatic N) is 1. The van der Waals surface area contributed by atoms with Crippen LogP contribution in [0.1, 0.15) is 21.5 Å². The number of carbonyl (C=O) groups excluding carboxylic acids is 1. The highest BCUT2D eigenvalue weighted by atomic mass is 16.6. The van der Waals surface area contributed by atoms with E-state index in [4.69, 9.17) is 9.47 Å². The maximum Gasteiger partial charge on any atom is 0.274 e. The van der Waals surface area contributed by atoms with Crippen molar-refractivity contribution in [2.24, 2.45) is 0 Å². The van der Waals surface area contributed by atoms with Crippen molar-refractivity contribution in [3.63, 3.8) is 0 Å². The van der Waals surface area contributed by atoms with Crippen molar-refractivity contribution >= 4 is 17.3 Å². The van der Waals surface area contributed by atoms with Crippen molar-refractivity contribution in [1.29, 1.82) is 0 Å². The minimum Gasteiger partial charge on any atom is -0.493 e. The van der Waals surface area contributed by atoms with E-state index in [1.165, 1.54) is 26.4 Å². The number of methoxy groups -OCH3 is 2. The van der Waals surface area contributed by atoms with Gasteiger partial charge in [0, 0.05) is 17.2 Å². The lowest BCUT2D eigenvalue weighted by Gasteiger charge is -2.15. The fourth-order valence-corrected chi connectivity index (χ4v) is 2.63. The van der Waals surface area contributed by atoms with E-state index >= 15 is 0 Å². The van der Waals surface area contributed by atoms with E-state index in [0.717, 1.165) is 5.56 Å². The van der Waals surface area contributed by atoms with E-state index < -0.39 is 10.8 Å². The molecule has 0 heterocycles. The fourth-order valence-electron chi connectivity index (χ4n) is 2.63. The molecule has 0 saturated carbocycles. The largest absolute Gasteiger partial charge is 0.493 e. The van der Waals surface area contributed by atoms with Crippen LogP contribution in [-0.2, 0) is 6.42 Å². The Labute approximate surface area is 151 Å². The molecular weight excluding hydrogens is 336 g/mol. The van der Waals surface area contributed by atoms with Gasteiger partial charge in [0.2, 0.25) is 0 Å². The van der Waals surface area contributed by atoms with Gasteiger partial charge in [-0.05, 0) is 31.5 Å². The number of rotatable bonds is 7. The number of hydrogen-bond acceptors (Lipinski definition) is 5. The van der Waals surface area contributed by atoms with Gasteiger partial charge in [-0.1, -0.05) is 12.1 Å². The van der Waals surface area contributed by atoms with Gasteiger partial charge in [-0.15, -0.1) is 6.58 Å². The summed E-state index contributed by atoms with van der Waals surface area (Å²) in [5.41, 5.74) is 1.82. The maximum atomic E-state index is 12.7. The predicted molar refractivity (Wildman–Crippen MR) is 99.2 cm³/mol. The second-order valence-corrected chi connectivity index (χ2v) is 5.52. The van der Waals surface area contributed by atoms with Gasteiger partial charge in [0.1, 0.15) is 0 Å². The first kappa shape index (κ1) is 19.0. The zero-order valence-electron chi connectivity index (χ0n) is 14.9. The molecule has 1 N–H and O–H groups in total. The van der Waals surface area contributed by atoms with Crippen LogP contribution in [0.4, 0.5) is 11.4 Å². The highest BCUT2D eigenvalue weighted by Crippen LogP contribution is 2.34. The molecule has 2 aromatic carbocycles. The van der Waals surface area contributed by atoms with Crippen molar-refractivity contribution in [3.05, 3.63) is 69.8 Å². The number of carbonyl (C=O) groups is 1. The van der Waals surface area contributed by atoms with Crippen molar-refractivity contribution in [1.82, 2.24) is 0 Å². The molecule has 0 unspecified atom stereocenters.